The van der Waals surface area contributed by atoms with E-state index in [0.717, 1.165) is 20.8 Å². The van der Waals surface area contributed by atoms with Crippen molar-refractivity contribution in [2.24, 2.45) is 0 Å². The van der Waals surface area contributed by atoms with Crippen LogP contribution in [-0.4, -0.2) is 41.7 Å². The molecule has 4 nitrogen and oxygen atoms in total. The van der Waals surface area contributed by atoms with Crippen molar-refractivity contribution in [1.29, 1.82) is 0 Å². The SMILES string of the molecule is C=C(C)C(=O)OCCOC(C)(C(C)(C)O)C(F)(F)F. The highest BCUT2D eigenvalue weighted by molar-refractivity contribution is 5.86. The third-order valence-corrected chi connectivity index (χ3v) is 2.76. The summed E-state index contributed by atoms with van der Waals surface area (Å²) in [4.78, 5) is 11.0. The lowest BCUT2D eigenvalue weighted by molar-refractivity contribution is -0.321. The summed E-state index contributed by atoms with van der Waals surface area (Å²) < 4.78 is 48.0. The van der Waals surface area contributed by atoms with Gasteiger partial charge < -0.3 is 14.6 Å². The van der Waals surface area contributed by atoms with Crippen molar-refractivity contribution in [3.05, 3.63) is 12.2 Å². The molecule has 0 bridgehead atoms. The van der Waals surface area contributed by atoms with E-state index in [1.54, 1.807) is 0 Å². The van der Waals surface area contributed by atoms with E-state index in [2.05, 4.69) is 11.3 Å². The summed E-state index contributed by atoms with van der Waals surface area (Å²) in [6.07, 6.45) is -4.76. The zero-order valence-electron chi connectivity index (χ0n) is 11.4. The van der Waals surface area contributed by atoms with Gasteiger partial charge in [0.2, 0.25) is 0 Å². The van der Waals surface area contributed by atoms with Gasteiger partial charge in [0.25, 0.3) is 0 Å². The van der Waals surface area contributed by atoms with Crippen LogP contribution in [0, 0.1) is 0 Å². The Morgan fingerprint density at radius 3 is 2.00 bits per heavy atom. The number of esters is 1. The fourth-order valence-electron chi connectivity index (χ4n) is 1.11. The first kappa shape index (κ1) is 17.9. The zero-order valence-corrected chi connectivity index (χ0v) is 11.4. The second-order valence-corrected chi connectivity index (χ2v) is 4.85. The Morgan fingerprint density at radius 2 is 1.68 bits per heavy atom. The molecule has 0 saturated heterocycles. The Balaban J connectivity index is 4.56. The van der Waals surface area contributed by atoms with Crippen LogP contribution in [0.1, 0.15) is 27.7 Å². The van der Waals surface area contributed by atoms with E-state index < -0.39 is 30.0 Å². The number of rotatable bonds is 6. The number of hydrogen-bond donors (Lipinski definition) is 1. The van der Waals surface area contributed by atoms with Gasteiger partial charge in [0, 0.05) is 5.57 Å². The first-order valence-corrected chi connectivity index (χ1v) is 5.58. The molecule has 0 aliphatic rings. The minimum absolute atomic E-state index is 0.140. The van der Waals surface area contributed by atoms with Crippen LogP contribution in [-0.2, 0) is 14.3 Å². The highest BCUT2D eigenvalue weighted by atomic mass is 19.4. The normalized spacial score (nSPS) is 15.8. The number of aliphatic hydroxyl groups is 1. The fraction of sp³-hybridized carbons (Fsp3) is 0.750. The van der Waals surface area contributed by atoms with Crippen molar-refractivity contribution in [2.75, 3.05) is 13.2 Å². The van der Waals surface area contributed by atoms with Gasteiger partial charge in [-0.2, -0.15) is 13.2 Å². The van der Waals surface area contributed by atoms with E-state index in [1.165, 1.54) is 6.92 Å². The van der Waals surface area contributed by atoms with E-state index in [-0.39, 0.29) is 12.2 Å². The maximum atomic E-state index is 12.9. The van der Waals surface area contributed by atoms with Crippen LogP contribution < -0.4 is 0 Å². The molecule has 1 unspecified atom stereocenters. The van der Waals surface area contributed by atoms with Crippen molar-refractivity contribution >= 4 is 5.97 Å². The second-order valence-electron chi connectivity index (χ2n) is 4.85. The van der Waals surface area contributed by atoms with E-state index in [4.69, 9.17) is 4.74 Å². The highest BCUT2D eigenvalue weighted by Crippen LogP contribution is 2.41. The van der Waals surface area contributed by atoms with Crippen LogP contribution in [0.25, 0.3) is 0 Å². The maximum absolute atomic E-state index is 12.9. The number of ether oxygens (including phenoxy) is 2. The number of hydrogen-bond acceptors (Lipinski definition) is 4. The average molecular weight is 284 g/mol. The molecule has 0 aromatic rings. The predicted octanol–water partition coefficient (Wildman–Crippen LogP) is 2.21. The first-order chi connectivity index (χ1) is 8.33. The van der Waals surface area contributed by atoms with Crippen LogP contribution >= 0.6 is 0 Å². The van der Waals surface area contributed by atoms with Crippen molar-refractivity contribution in [1.82, 2.24) is 0 Å². The lowest BCUT2D eigenvalue weighted by Gasteiger charge is -2.41. The quantitative estimate of drug-likeness (QED) is 0.461. The minimum Gasteiger partial charge on any atom is -0.460 e. The summed E-state index contributed by atoms with van der Waals surface area (Å²) in [6.45, 7) is 6.65. The molecule has 0 amide bonds. The number of alkyl halides is 3. The summed E-state index contributed by atoms with van der Waals surface area (Å²) in [5.41, 5.74) is -4.75. The molecule has 1 N–H and O–H groups in total. The smallest absolute Gasteiger partial charge is 0.419 e. The maximum Gasteiger partial charge on any atom is 0.419 e. The second kappa shape index (κ2) is 5.92. The fourth-order valence-corrected chi connectivity index (χ4v) is 1.11. The standard InChI is InChI=1S/C12H19F3O4/c1-8(2)9(16)18-6-7-19-11(5,10(3,4)17)12(13,14)15/h17H,1,6-7H2,2-5H3. The van der Waals surface area contributed by atoms with Crippen molar-refractivity contribution in [2.45, 2.75) is 45.1 Å². The lowest BCUT2D eigenvalue weighted by atomic mass is 9.87. The van der Waals surface area contributed by atoms with Gasteiger partial charge in [0.05, 0.1) is 12.2 Å². The Hall–Kier alpha value is -1.08. The zero-order chi connectivity index (χ0) is 15.5. The van der Waals surface area contributed by atoms with Gasteiger partial charge >= 0.3 is 12.1 Å². The molecule has 0 aromatic carbocycles. The summed E-state index contributed by atoms with van der Waals surface area (Å²) >= 11 is 0. The lowest BCUT2D eigenvalue weighted by Crippen LogP contribution is -2.60. The Morgan fingerprint density at radius 1 is 1.21 bits per heavy atom. The molecule has 0 saturated carbocycles. The van der Waals surface area contributed by atoms with Crippen LogP contribution in [0.2, 0.25) is 0 Å². The molecule has 0 aromatic heterocycles. The molecule has 0 spiro atoms. The molecule has 19 heavy (non-hydrogen) atoms. The number of halogens is 3. The Bertz CT molecular complexity index is 328. The van der Waals surface area contributed by atoms with Gasteiger partial charge in [0.1, 0.15) is 6.61 Å². The molecule has 0 rings (SSSR count). The van der Waals surface area contributed by atoms with Gasteiger partial charge in [-0.05, 0) is 27.7 Å². The van der Waals surface area contributed by atoms with Gasteiger partial charge in [-0.15, -0.1) is 0 Å². The number of carbonyl (C=O) groups is 1. The Kier molecular flexibility index (Phi) is 5.58. The topological polar surface area (TPSA) is 55.8 Å². The van der Waals surface area contributed by atoms with E-state index in [9.17, 15) is 23.1 Å². The van der Waals surface area contributed by atoms with Gasteiger partial charge in [-0.3, -0.25) is 0 Å². The Labute approximate surface area is 110 Å². The molecule has 0 fully saturated rings. The average Bonchev–Trinajstić information content (AvgIpc) is 2.20. The third kappa shape index (κ3) is 4.50. The molecule has 0 heterocycles. The summed E-state index contributed by atoms with van der Waals surface area (Å²) in [5, 5.41) is 9.60. The molecular weight excluding hydrogens is 265 g/mol. The van der Waals surface area contributed by atoms with E-state index in [1.807, 2.05) is 0 Å². The minimum atomic E-state index is -4.76. The molecule has 7 heteroatoms. The molecule has 0 radical (unpaired) electrons. The van der Waals surface area contributed by atoms with Crippen LogP contribution in [0.5, 0.6) is 0 Å². The molecular formula is C12H19F3O4. The van der Waals surface area contributed by atoms with Crippen LogP contribution in [0.15, 0.2) is 12.2 Å². The van der Waals surface area contributed by atoms with Crippen LogP contribution in [0.4, 0.5) is 13.2 Å². The van der Waals surface area contributed by atoms with Crippen molar-refractivity contribution in [3.8, 4) is 0 Å². The van der Waals surface area contributed by atoms with Gasteiger partial charge in [-0.25, -0.2) is 4.79 Å². The van der Waals surface area contributed by atoms with E-state index in [0.29, 0.717) is 0 Å². The van der Waals surface area contributed by atoms with Gasteiger partial charge in [-0.1, -0.05) is 6.58 Å². The van der Waals surface area contributed by atoms with Crippen LogP contribution in [0.3, 0.4) is 0 Å². The summed E-state index contributed by atoms with van der Waals surface area (Å²) in [5.74, 6) is -0.708. The van der Waals surface area contributed by atoms with Gasteiger partial charge in [0.15, 0.2) is 5.60 Å². The predicted molar refractivity (Wildman–Crippen MR) is 62.5 cm³/mol. The molecule has 1 atom stereocenters. The molecule has 0 aliphatic carbocycles. The first-order valence-electron chi connectivity index (χ1n) is 5.58. The van der Waals surface area contributed by atoms with E-state index >= 15 is 0 Å². The highest BCUT2D eigenvalue weighted by Gasteiger charge is 2.61. The summed E-state index contributed by atoms with van der Waals surface area (Å²) in [6, 6.07) is 0. The summed E-state index contributed by atoms with van der Waals surface area (Å²) in [7, 11) is 0. The molecule has 0 aliphatic heterocycles. The molecule has 112 valence electrons. The van der Waals surface area contributed by atoms with Crippen molar-refractivity contribution < 1.29 is 32.5 Å². The largest absolute Gasteiger partial charge is 0.460 e. The van der Waals surface area contributed by atoms with Crippen molar-refractivity contribution in [3.63, 3.8) is 0 Å². The number of carbonyl (C=O) groups excluding carboxylic acids is 1. The monoisotopic (exact) mass is 284 g/mol. The third-order valence-electron chi connectivity index (χ3n) is 2.76.